The van der Waals surface area contributed by atoms with Crippen LogP contribution >= 0.6 is 23.8 Å². The lowest BCUT2D eigenvalue weighted by atomic mass is 10.2. The molecule has 4 nitrogen and oxygen atoms in total. The summed E-state index contributed by atoms with van der Waals surface area (Å²) in [5, 5.41) is 12.4. The highest BCUT2D eigenvalue weighted by Crippen LogP contribution is 2.21. The molecule has 0 radical (unpaired) electrons. The molecule has 0 bridgehead atoms. The molecule has 1 aromatic heterocycles. The Labute approximate surface area is 141 Å². The fourth-order valence-electron chi connectivity index (χ4n) is 2.25. The maximum Gasteiger partial charge on any atom is 0.171 e. The van der Waals surface area contributed by atoms with Gasteiger partial charge in [0.1, 0.15) is 0 Å². The number of hydrogen-bond acceptors (Lipinski definition) is 2. The molecule has 0 aliphatic carbocycles. The lowest BCUT2D eigenvalue weighted by Crippen LogP contribution is -2.34. The molecule has 1 aromatic carbocycles. The topological polar surface area (TPSA) is 41.9 Å². The van der Waals surface area contributed by atoms with Crippen LogP contribution in [0.5, 0.6) is 0 Å². The van der Waals surface area contributed by atoms with Crippen LogP contribution in [0.4, 0.5) is 5.69 Å². The molecule has 1 heterocycles. The van der Waals surface area contributed by atoms with Crippen LogP contribution in [0.2, 0.25) is 5.02 Å². The summed E-state index contributed by atoms with van der Waals surface area (Å²) in [6.45, 7) is 8.79. The molecule has 0 aliphatic rings. The number of halogens is 1. The van der Waals surface area contributed by atoms with Crippen molar-refractivity contribution in [1.82, 2.24) is 15.1 Å². The van der Waals surface area contributed by atoms with Crippen LogP contribution in [0.15, 0.2) is 24.3 Å². The van der Waals surface area contributed by atoms with Gasteiger partial charge in [-0.25, -0.2) is 0 Å². The Bertz CT molecular complexity index is 679. The summed E-state index contributed by atoms with van der Waals surface area (Å²) < 4.78 is 1.96. The molecule has 22 heavy (non-hydrogen) atoms. The summed E-state index contributed by atoms with van der Waals surface area (Å²) >= 11 is 11.3. The van der Waals surface area contributed by atoms with Gasteiger partial charge in [0.25, 0.3) is 0 Å². The summed E-state index contributed by atoms with van der Waals surface area (Å²) in [6, 6.07) is 8.11. The van der Waals surface area contributed by atoms with E-state index in [9.17, 15) is 0 Å². The van der Waals surface area contributed by atoms with Crippen molar-refractivity contribution in [2.24, 2.45) is 0 Å². The van der Waals surface area contributed by atoms with Crippen molar-refractivity contribution in [2.75, 3.05) is 5.32 Å². The summed E-state index contributed by atoms with van der Waals surface area (Å²) in [7, 11) is 0. The van der Waals surface area contributed by atoms with Gasteiger partial charge in [-0.3, -0.25) is 4.68 Å². The highest BCUT2D eigenvalue weighted by Gasteiger charge is 2.13. The van der Waals surface area contributed by atoms with Crippen molar-refractivity contribution in [3.05, 3.63) is 46.2 Å². The molecular formula is C16H21ClN4S. The zero-order chi connectivity index (χ0) is 16.3. The fourth-order valence-corrected chi connectivity index (χ4v) is 2.80. The monoisotopic (exact) mass is 336 g/mol. The molecule has 0 amide bonds. The van der Waals surface area contributed by atoms with E-state index in [1.807, 2.05) is 42.8 Å². The third kappa shape index (κ3) is 4.21. The van der Waals surface area contributed by atoms with Crippen molar-refractivity contribution in [3.8, 4) is 0 Å². The number of nitrogens with zero attached hydrogens (tertiary/aromatic N) is 2. The van der Waals surface area contributed by atoms with E-state index in [-0.39, 0.29) is 0 Å². The highest BCUT2D eigenvalue weighted by atomic mass is 35.5. The first kappa shape index (κ1) is 16.8. The lowest BCUT2D eigenvalue weighted by molar-refractivity contribution is 0.659. The summed E-state index contributed by atoms with van der Waals surface area (Å²) in [5.41, 5.74) is 4.05. The predicted octanol–water partition coefficient (Wildman–Crippen LogP) is 3.90. The van der Waals surface area contributed by atoms with Gasteiger partial charge in [-0.05, 0) is 57.6 Å². The van der Waals surface area contributed by atoms with Gasteiger partial charge < -0.3 is 10.6 Å². The molecule has 2 rings (SSSR count). The maximum absolute atomic E-state index is 6.04. The Kier molecular flexibility index (Phi) is 5.42. The van der Waals surface area contributed by atoms with Gasteiger partial charge in [0.15, 0.2) is 5.11 Å². The molecule has 0 fully saturated rings. The SMILES string of the molecule is Cc1nn(Cc2cccc(Cl)c2)c(C)c1NC(=S)NC(C)C. The van der Waals surface area contributed by atoms with Gasteiger partial charge in [-0.1, -0.05) is 23.7 Å². The first-order valence-corrected chi connectivity index (χ1v) is 8.01. The van der Waals surface area contributed by atoms with E-state index in [1.54, 1.807) is 0 Å². The number of anilines is 1. The standard InChI is InChI=1S/C16H21ClN4S/c1-10(2)18-16(22)19-15-11(3)20-21(12(15)4)9-13-6-5-7-14(17)8-13/h5-8,10H,9H2,1-4H3,(H2,18,19,22). The van der Waals surface area contributed by atoms with Crippen LogP contribution in [-0.4, -0.2) is 20.9 Å². The maximum atomic E-state index is 6.04. The number of rotatable bonds is 4. The first-order valence-electron chi connectivity index (χ1n) is 7.22. The predicted molar refractivity (Wildman–Crippen MR) is 96.7 cm³/mol. The molecule has 0 saturated heterocycles. The van der Waals surface area contributed by atoms with Crippen molar-refractivity contribution < 1.29 is 0 Å². The van der Waals surface area contributed by atoms with Crippen LogP contribution in [0.3, 0.4) is 0 Å². The Morgan fingerprint density at radius 3 is 2.73 bits per heavy atom. The summed E-state index contributed by atoms with van der Waals surface area (Å²) in [5.74, 6) is 0. The Morgan fingerprint density at radius 1 is 1.36 bits per heavy atom. The van der Waals surface area contributed by atoms with Crippen LogP contribution in [0, 0.1) is 13.8 Å². The molecular weight excluding hydrogens is 316 g/mol. The van der Waals surface area contributed by atoms with Gasteiger partial charge in [0.05, 0.1) is 23.6 Å². The summed E-state index contributed by atoms with van der Waals surface area (Å²) in [6.07, 6.45) is 0. The zero-order valence-electron chi connectivity index (χ0n) is 13.3. The van der Waals surface area contributed by atoms with Crippen LogP contribution in [-0.2, 0) is 6.54 Å². The number of aryl methyl sites for hydroxylation is 1. The molecule has 0 atom stereocenters. The van der Waals surface area contributed by atoms with E-state index in [0.29, 0.717) is 17.7 Å². The molecule has 2 N–H and O–H groups in total. The van der Waals surface area contributed by atoms with E-state index >= 15 is 0 Å². The van der Waals surface area contributed by atoms with Crippen LogP contribution in [0.25, 0.3) is 0 Å². The zero-order valence-corrected chi connectivity index (χ0v) is 14.8. The van der Waals surface area contributed by atoms with E-state index in [1.165, 1.54) is 0 Å². The Morgan fingerprint density at radius 2 is 2.09 bits per heavy atom. The van der Waals surface area contributed by atoms with Crippen molar-refractivity contribution in [3.63, 3.8) is 0 Å². The number of benzene rings is 1. The minimum absolute atomic E-state index is 0.294. The fraction of sp³-hybridized carbons (Fsp3) is 0.375. The normalized spacial score (nSPS) is 10.8. The molecule has 2 aromatic rings. The minimum Gasteiger partial charge on any atom is -0.360 e. The van der Waals surface area contributed by atoms with E-state index in [2.05, 4.69) is 29.6 Å². The van der Waals surface area contributed by atoms with Crippen molar-refractivity contribution in [1.29, 1.82) is 0 Å². The quantitative estimate of drug-likeness (QED) is 0.831. The van der Waals surface area contributed by atoms with Gasteiger partial charge in [-0.2, -0.15) is 5.10 Å². The van der Waals surface area contributed by atoms with E-state index in [0.717, 1.165) is 27.7 Å². The second-order valence-corrected chi connectivity index (χ2v) is 6.43. The Balaban J connectivity index is 2.18. The summed E-state index contributed by atoms with van der Waals surface area (Å²) in [4.78, 5) is 0. The second-order valence-electron chi connectivity index (χ2n) is 5.59. The first-order chi connectivity index (χ1) is 10.4. The number of aromatic nitrogens is 2. The molecule has 0 saturated carbocycles. The average molecular weight is 337 g/mol. The smallest absolute Gasteiger partial charge is 0.171 e. The van der Waals surface area contributed by atoms with Crippen molar-refractivity contribution in [2.45, 2.75) is 40.3 Å². The number of thiocarbonyl (C=S) groups is 1. The highest BCUT2D eigenvalue weighted by molar-refractivity contribution is 7.80. The molecule has 0 aliphatic heterocycles. The van der Waals surface area contributed by atoms with Crippen LogP contribution in [0.1, 0.15) is 30.8 Å². The average Bonchev–Trinajstić information content (AvgIpc) is 2.66. The number of hydrogen-bond donors (Lipinski definition) is 2. The molecule has 0 unspecified atom stereocenters. The third-order valence-electron chi connectivity index (χ3n) is 3.26. The largest absolute Gasteiger partial charge is 0.360 e. The van der Waals surface area contributed by atoms with E-state index in [4.69, 9.17) is 23.8 Å². The minimum atomic E-state index is 0.294. The molecule has 118 valence electrons. The van der Waals surface area contributed by atoms with Gasteiger partial charge in [-0.15, -0.1) is 0 Å². The Hall–Kier alpha value is -1.59. The third-order valence-corrected chi connectivity index (χ3v) is 3.72. The molecule has 6 heteroatoms. The number of nitrogens with one attached hydrogen (secondary N) is 2. The van der Waals surface area contributed by atoms with Gasteiger partial charge in [0, 0.05) is 11.1 Å². The van der Waals surface area contributed by atoms with Crippen LogP contribution < -0.4 is 10.6 Å². The molecule has 0 spiro atoms. The lowest BCUT2D eigenvalue weighted by Gasteiger charge is -2.13. The second kappa shape index (κ2) is 7.11. The van der Waals surface area contributed by atoms with E-state index < -0.39 is 0 Å². The van der Waals surface area contributed by atoms with Crippen molar-refractivity contribution >= 4 is 34.6 Å². The van der Waals surface area contributed by atoms with Gasteiger partial charge >= 0.3 is 0 Å². The van der Waals surface area contributed by atoms with Gasteiger partial charge in [0.2, 0.25) is 0 Å².